The third-order valence-electron chi connectivity index (χ3n) is 4.40. The summed E-state index contributed by atoms with van der Waals surface area (Å²) < 4.78 is 16.1. The van der Waals surface area contributed by atoms with Gasteiger partial charge in [-0.05, 0) is 44.4 Å². The number of carbonyl (C=O) groups is 2. The second-order valence-corrected chi connectivity index (χ2v) is 6.10. The molecule has 25 heavy (non-hydrogen) atoms. The van der Waals surface area contributed by atoms with E-state index in [-0.39, 0.29) is 18.2 Å². The van der Waals surface area contributed by atoms with Crippen molar-refractivity contribution in [2.45, 2.75) is 38.5 Å². The Morgan fingerprint density at radius 2 is 2.08 bits per heavy atom. The van der Waals surface area contributed by atoms with E-state index < -0.39 is 6.09 Å². The summed E-state index contributed by atoms with van der Waals surface area (Å²) in [6, 6.07) is 6.83. The van der Waals surface area contributed by atoms with Crippen LogP contribution in [0.4, 0.5) is 10.5 Å². The van der Waals surface area contributed by atoms with E-state index in [0.717, 1.165) is 19.3 Å². The third-order valence-corrected chi connectivity index (χ3v) is 4.40. The molecule has 1 atom stereocenters. The first-order chi connectivity index (χ1) is 12.2. The number of ether oxygens (including phenoxy) is 3. The summed E-state index contributed by atoms with van der Waals surface area (Å²) in [5, 5.41) is 2.63. The maximum Gasteiger partial charge on any atom is 0.411 e. The van der Waals surface area contributed by atoms with Gasteiger partial charge in [0.05, 0.1) is 25.9 Å². The molecule has 0 aliphatic carbocycles. The van der Waals surface area contributed by atoms with Gasteiger partial charge in [0.25, 0.3) is 5.91 Å². The SMILES string of the molecule is CCOC(=O)Nc1cccc(C(=O)N2CCCCC2C2OCCO2)c1. The largest absolute Gasteiger partial charge is 0.450 e. The van der Waals surface area contributed by atoms with E-state index >= 15 is 0 Å². The average Bonchev–Trinajstić information content (AvgIpc) is 3.16. The second kappa shape index (κ2) is 8.31. The first-order valence-electron chi connectivity index (χ1n) is 8.77. The zero-order valence-electron chi connectivity index (χ0n) is 14.4. The molecule has 0 radical (unpaired) electrons. The Balaban J connectivity index is 1.73. The summed E-state index contributed by atoms with van der Waals surface area (Å²) in [4.78, 5) is 26.4. The number of nitrogens with zero attached hydrogens (tertiary/aromatic N) is 1. The minimum absolute atomic E-state index is 0.0644. The van der Waals surface area contributed by atoms with Crippen LogP contribution in [0.3, 0.4) is 0 Å². The molecule has 2 heterocycles. The summed E-state index contributed by atoms with van der Waals surface area (Å²) in [5.41, 5.74) is 1.06. The van der Waals surface area contributed by atoms with Gasteiger partial charge in [-0.25, -0.2) is 4.79 Å². The lowest BCUT2D eigenvalue weighted by Gasteiger charge is -2.38. The Kier molecular flexibility index (Phi) is 5.88. The van der Waals surface area contributed by atoms with Crippen LogP contribution in [-0.2, 0) is 14.2 Å². The number of hydrogen-bond donors (Lipinski definition) is 1. The Morgan fingerprint density at radius 1 is 1.28 bits per heavy atom. The molecule has 0 aromatic heterocycles. The molecule has 2 saturated heterocycles. The molecule has 0 bridgehead atoms. The number of hydrogen-bond acceptors (Lipinski definition) is 5. The van der Waals surface area contributed by atoms with E-state index in [4.69, 9.17) is 14.2 Å². The van der Waals surface area contributed by atoms with E-state index in [9.17, 15) is 9.59 Å². The summed E-state index contributed by atoms with van der Waals surface area (Å²) in [6.45, 7) is 3.86. The summed E-state index contributed by atoms with van der Waals surface area (Å²) in [6.07, 6.45) is 2.02. The molecule has 1 N–H and O–H groups in total. The van der Waals surface area contributed by atoms with Crippen molar-refractivity contribution in [3.05, 3.63) is 29.8 Å². The number of anilines is 1. The molecule has 2 aliphatic rings. The zero-order chi connectivity index (χ0) is 17.6. The number of carbonyl (C=O) groups excluding carboxylic acids is 2. The van der Waals surface area contributed by atoms with Crippen molar-refractivity contribution < 1.29 is 23.8 Å². The fraction of sp³-hybridized carbons (Fsp3) is 0.556. The van der Waals surface area contributed by atoms with Gasteiger partial charge in [0.15, 0.2) is 6.29 Å². The van der Waals surface area contributed by atoms with Crippen LogP contribution in [0.15, 0.2) is 24.3 Å². The molecular formula is C18H24N2O5. The Labute approximate surface area is 147 Å². The highest BCUT2D eigenvalue weighted by Gasteiger charge is 2.36. The van der Waals surface area contributed by atoms with Crippen LogP contribution in [0.2, 0.25) is 0 Å². The molecule has 2 aliphatic heterocycles. The van der Waals surface area contributed by atoms with Gasteiger partial charge in [-0.2, -0.15) is 0 Å². The lowest BCUT2D eigenvalue weighted by Crippen LogP contribution is -2.50. The van der Waals surface area contributed by atoms with Gasteiger partial charge < -0.3 is 19.1 Å². The Bertz CT molecular complexity index is 615. The molecule has 136 valence electrons. The highest BCUT2D eigenvalue weighted by molar-refractivity contribution is 5.96. The van der Waals surface area contributed by atoms with E-state index in [1.165, 1.54) is 0 Å². The van der Waals surface area contributed by atoms with Gasteiger partial charge in [-0.1, -0.05) is 6.07 Å². The lowest BCUT2D eigenvalue weighted by molar-refractivity contribution is -0.100. The monoisotopic (exact) mass is 348 g/mol. The van der Waals surface area contributed by atoms with Crippen molar-refractivity contribution in [1.29, 1.82) is 0 Å². The summed E-state index contributed by atoms with van der Waals surface area (Å²) >= 11 is 0. The van der Waals surface area contributed by atoms with Crippen LogP contribution in [0.1, 0.15) is 36.5 Å². The zero-order valence-corrected chi connectivity index (χ0v) is 14.4. The quantitative estimate of drug-likeness (QED) is 0.905. The number of benzene rings is 1. The van der Waals surface area contributed by atoms with Crippen molar-refractivity contribution in [2.24, 2.45) is 0 Å². The fourth-order valence-corrected chi connectivity index (χ4v) is 3.27. The Hall–Kier alpha value is -2.12. The standard InChI is InChI=1S/C18H24N2O5/c1-2-23-18(22)19-14-7-5-6-13(12-14)16(21)20-9-4-3-8-15(20)17-24-10-11-25-17/h5-7,12,15,17H,2-4,8-11H2,1H3,(H,19,22). The smallest absolute Gasteiger partial charge is 0.411 e. The highest BCUT2D eigenvalue weighted by atomic mass is 16.7. The number of piperidine rings is 1. The molecule has 1 unspecified atom stereocenters. The average molecular weight is 348 g/mol. The fourth-order valence-electron chi connectivity index (χ4n) is 3.27. The molecule has 2 amide bonds. The Morgan fingerprint density at radius 3 is 2.84 bits per heavy atom. The lowest BCUT2D eigenvalue weighted by atomic mass is 10.00. The van der Waals surface area contributed by atoms with Gasteiger partial charge in [-0.3, -0.25) is 10.1 Å². The van der Waals surface area contributed by atoms with Crippen molar-refractivity contribution in [2.75, 3.05) is 31.7 Å². The predicted molar refractivity (Wildman–Crippen MR) is 91.5 cm³/mol. The molecular weight excluding hydrogens is 324 g/mol. The topological polar surface area (TPSA) is 77.1 Å². The normalized spacial score (nSPS) is 21.2. The van der Waals surface area contributed by atoms with Crippen LogP contribution in [0, 0.1) is 0 Å². The first kappa shape index (κ1) is 17.7. The molecule has 7 nitrogen and oxygen atoms in total. The second-order valence-electron chi connectivity index (χ2n) is 6.10. The van der Waals surface area contributed by atoms with Crippen LogP contribution in [0.25, 0.3) is 0 Å². The molecule has 1 aromatic carbocycles. The van der Waals surface area contributed by atoms with Crippen LogP contribution < -0.4 is 5.32 Å². The van der Waals surface area contributed by atoms with Gasteiger partial charge in [-0.15, -0.1) is 0 Å². The van der Waals surface area contributed by atoms with Crippen LogP contribution in [0.5, 0.6) is 0 Å². The van der Waals surface area contributed by atoms with Gasteiger partial charge in [0, 0.05) is 17.8 Å². The summed E-state index contributed by atoms with van der Waals surface area (Å²) in [5.74, 6) is -0.0729. The van der Waals surface area contributed by atoms with Crippen molar-refractivity contribution in [3.8, 4) is 0 Å². The predicted octanol–water partition coefficient (Wildman–Crippen LogP) is 2.62. The maximum atomic E-state index is 13.0. The molecule has 3 rings (SSSR count). The molecule has 7 heteroatoms. The summed E-state index contributed by atoms with van der Waals surface area (Å²) in [7, 11) is 0. The number of likely N-dealkylation sites (tertiary alicyclic amines) is 1. The van der Waals surface area contributed by atoms with Gasteiger partial charge in [0.1, 0.15) is 0 Å². The molecule has 1 aromatic rings. The molecule has 2 fully saturated rings. The van der Waals surface area contributed by atoms with E-state index in [0.29, 0.717) is 37.6 Å². The van der Waals surface area contributed by atoms with Crippen LogP contribution >= 0.6 is 0 Å². The van der Waals surface area contributed by atoms with Gasteiger partial charge >= 0.3 is 6.09 Å². The number of amides is 2. The van der Waals surface area contributed by atoms with E-state index in [2.05, 4.69) is 5.32 Å². The third kappa shape index (κ3) is 4.29. The van der Waals surface area contributed by atoms with Crippen molar-refractivity contribution in [1.82, 2.24) is 4.90 Å². The van der Waals surface area contributed by atoms with Crippen LogP contribution in [-0.4, -0.2) is 55.6 Å². The van der Waals surface area contributed by atoms with Crippen molar-refractivity contribution in [3.63, 3.8) is 0 Å². The van der Waals surface area contributed by atoms with Gasteiger partial charge in [0.2, 0.25) is 0 Å². The first-order valence-corrected chi connectivity index (χ1v) is 8.77. The maximum absolute atomic E-state index is 13.0. The van der Waals surface area contributed by atoms with E-state index in [1.54, 1.807) is 31.2 Å². The van der Waals surface area contributed by atoms with E-state index in [1.807, 2.05) is 4.90 Å². The number of rotatable bonds is 4. The highest BCUT2D eigenvalue weighted by Crippen LogP contribution is 2.26. The molecule has 0 saturated carbocycles. The number of nitrogens with one attached hydrogen (secondary N) is 1. The minimum atomic E-state index is -0.532. The minimum Gasteiger partial charge on any atom is -0.450 e. The molecule has 0 spiro atoms. The van der Waals surface area contributed by atoms with Crippen molar-refractivity contribution >= 4 is 17.7 Å².